The number of hydrogen-bond acceptors (Lipinski definition) is 6. The third-order valence-corrected chi connectivity index (χ3v) is 10.2. The van der Waals surface area contributed by atoms with E-state index in [0.717, 1.165) is 32.0 Å². The van der Waals surface area contributed by atoms with E-state index >= 15 is 0 Å². The van der Waals surface area contributed by atoms with Crippen LogP contribution in [0.1, 0.15) is 0 Å². The van der Waals surface area contributed by atoms with Crippen molar-refractivity contribution in [2.75, 3.05) is 0 Å². The van der Waals surface area contributed by atoms with Crippen LogP contribution in [0.2, 0.25) is 0 Å². The second-order valence-electron chi connectivity index (χ2n) is 11.3. The minimum atomic E-state index is 1.06. The number of fused-ring (bicyclic) bond motifs is 3. The van der Waals surface area contributed by atoms with E-state index in [1.807, 2.05) is 48.2 Å². The van der Waals surface area contributed by atoms with E-state index in [9.17, 15) is 0 Å². The van der Waals surface area contributed by atoms with Gasteiger partial charge in [0.2, 0.25) is 0 Å². The van der Waals surface area contributed by atoms with Crippen molar-refractivity contribution in [3.05, 3.63) is 145 Å². The molecule has 0 spiro atoms. The van der Waals surface area contributed by atoms with E-state index in [4.69, 9.17) is 9.97 Å². The molecular formula is C40H24N4S2. The van der Waals surface area contributed by atoms with Crippen LogP contribution in [0.5, 0.6) is 0 Å². The molecule has 4 nitrogen and oxygen atoms in total. The van der Waals surface area contributed by atoms with Gasteiger partial charge in [-0.1, -0.05) is 72.8 Å². The van der Waals surface area contributed by atoms with Gasteiger partial charge in [-0.25, -0.2) is 0 Å². The molecule has 4 heterocycles. The van der Waals surface area contributed by atoms with E-state index in [1.54, 1.807) is 22.7 Å². The number of benzene rings is 5. The molecular weight excluding hydrogens is 601 g/mol. The van der Waals surface area contributed by atoms with Crippen LogP contribution in [0, 0.1) is 0 Å². The minimum absolute atomic E-state index is 1.06. The highest BCUT2D eigenvalue weighted by Crippen LogP contribution is 2.46. The first-order valence-corrected chi connectivity index (χ1v) is 16.7. The molecule has 9 rings (SSSR count). The highest BCUT2D eigenvalue weighted by Gasteiger charge is 2.19. The van der Waals surface area contributed by atoms with Gasteiger partial charge in [0.05, 0.1) is 20.8 Å². The minimum Gasteiger partial charge on any atom is -0.263 e. The standard InChI is InChI=1S/C40H24N4S2/c1-2-6-26-13-27(10-9-25(26)5-1)28-11-12-35-36(16-28)40(32-15-30(18-42-20-32)38-22-44-24-46-38)34-8-4-3-7-33(34)39(35)31-14-29(17-41-19-31)37-21-43-23-45-37/h1-24H. The molecule has 0 radical (unpaired) electrons. The zero-order chi connectivity index (χ0) is 30.5. The average molecular weight is 625 g/mol. The van der Waals surface area contributed by atoms with Crippen molar-refractivity contribution in [1.82, 2.24) is 19.9 Å². The molecule has 0 saturated carbocycles. The van der Waals surface area contributed by atoms with Gasteiger partial charge in [0.25, 0.3) is 0 Å². The Morgan fingerprint density at radius 3 is 1.50 bits per heavy atom. The first kappa shape index (κ1) is 26.8. The van der Waals surface area contributed by atoms with E-state index in [1.165, 1.54) is 54.6 Å². The Hall–Kier alpha value is -5.56. The summed E-state index contributed by atoms with van der Waals surface area (Å²) in [4.78, 5) is 20.3. The van der Waals surface area contributed by atoms with Gasteiger partial charge in [0, 0.05) is 59.4 Å². The highest BCUT2D eigenvalue weighted by molar-refractivity contribution is 7.13. The quantitative estimate of drug-likeness (QED) is 0.179. The highest BCUT2D eigenvalue weighted by atomic mass is 32.1. The molecule has 0 N–H and O–H groups in total. The van der Waals surface area contributed by atoms with Crippen molar-refractivity contribution >= 4 is 55.0 Å². The van der Waals surface area contributed by atoms with Gasteiger partial charge in [-0.2, -0.15) is 0 Å². The Morgan fingerprint density at radius 2 is 0.870 bits per heavy atom. The summed E-state index contributed by atoms with van der Waals surface area (Å²) in [5.41, 5.74) is 12.7. The second-order valence-corrected chi connectivity index (χ2v) is 13.0. The summed E-state index contributed by atoms with van der Waals surface area (Å²) < 4.78 is 0. The topological polar surface area (TPSA) is 51.6 Å². The smallest absolute Gasteiger partial charge is 0.0797 e. The fourth-order valence-corrected chi connectivity index (χ4v) is 7.70. The number of aromatic nitrogens is 4. The molecule has 0 aliphatic heterocycles. The zero-order valence-corrected chi connectivity index (χ0v) is 26.1. The zero-order valence-electron chi connectivity index (χ0n) is 24.5. The molecule has 6 heteroatoms. The van der Waals surface area contributed by atoms with Crippen LogP contribution in [0.4, 0.5) is 0 Å². The molecule has 0 aliphatic carbocycles. The summed E-state index contributed by atoms with van der Waals surface area (Å²) >= 11 is 3.25. The Morgan fingerprint density at radius 1 is 0.348 bits per heavy atom. The van der Waals surface area contributed by atoms with Crippen LogP contribution in [0.15, 0.2) is 145 Å². The maximum Gasteiger partial charge on any atom is 0.0797 e. The van der Waals surface area contributed by atoms with E-state index in [2.05, 4.69) is 107 Å². The van der Waals surface area contributed by atoms with Gasteiger partial charge in [0.1, 0.15) is 0 Å². The number of hydrogen-bond donors (Lipinski definition) is 0. The van der Waals surface area contributed by atoms with E-state index < -0.39 is 0 Å². The number of nitrogens with zero attached hydrogens (tertiary/aromatic N) is 4. The third-order valence-electron chi connectivity index (χ3n) is 8.59. The molecule has 0 unspecified atom stereocenters. The molecule has 46 heavy (non-hydrogen) atoms. The lowest BCUT2D eigenvalue weighted by Crippen LogP contribution is -1.93. The summed E-state index contributed by atoms with van der Waals surface area (Å²) in [5.74, 6) is 0. The molecule has 0 saturated heterocycles. The largest absolute Gasteiger partial charge is 0.263 e. The first-order valence-electron chi connectivity index (χ1n) is 15.0. The van der Waals surface area contributed by atoms with Gasteiger partial charge in [0.15, 0.2) is 0 Å². The third kappa shape index (κ3) is 4.58. The Balaban J connectivity index is 1.36. The molecule has 0 amide bonds. The van der Waals surface area contributed by atoms with Crippen LogP contribution in [-0.4, -0.2) is 19.9 Å². The van der Waals surface area contributed by atoms with Gasteiger partial charge in [-0.15, -0.1) is 22.7 Å². The van der Waals surface area contributed by atoms with Crippen LogP contribution < -0.4 is 0 Å². The van der Waals surface area contributed by atoms with Crippen molar-refractivity contribution < 1.29 is 0 Å². The van der Waals surface area contributed by atoms with Gasteiger partial charge >= 0.3 is 0 Å². The summed E-state index contributed by atoms with van der Waals surface area (Å²) in [6.45, 7) is 0. The van der Waals surface area contributed by atoms with Crippen LogP contribution in [0.25, 0.3) is 86.6 Å². The number of pyridine rings is 2. The summed E-state index contributed by atoms with van der Waals surface area (Å²) in [6.07, 6.45) is 11.6. The van der Waals surface area contributed by atoms with Gasteiger partial charge < -0.3 is 0 Å². The molecule has 0 fully saturated rings. The molecule has 4 aromatic heterocycles. The summed E-state index contributed by atoms with van der Waals surface area (Å²) in [6, 6.07) is 35.3. The fourth-order valence-electron chi connectivity index (χ4n) is 6.49. The van der Waals surface area contributed by atoms with E-state index in [0.29, 0.717) is 0 Å². The Bertz CT molecular complexity index is 2540. The fraction of sp³-hybridized carbons (Fsp3) is 0. The second kappa shape index (κ2) is 11.1. The summed E-state index contributed by atoms with van der Waals surface area (Å²) in [5, 5.41) is 7.16. The maximum absolute atomic E-state index is 4.73. The molecule has 5 aromatic carbocycles. The van der Waals surface area contributed by atoms with Crippen LogP contribution in [0.3, 0.4) is 0 Å². The number of rotatable bonds is 5. The molecule has 9 aromatic rings. The maximum atomic E-state index is 4.73. The van der Waals surface area contributed by atoms with Crippen molar-refractivity contribution in [2.45, 2.75) is 0 Å². The lowest BCUT2D eigenvalue weighted by molar-refractivity contribution is 1.33. The molecule has 216 valence electrons. The average Bonchev–Trinajstić information content (AvgIpc) is 3.86. The molecule has 0 atom stereocenters. The molecule has 0 bridgehead atoms. The van der Waals surface area contributed by atoms with Crippen molar-refractivity contribution in [1.29, 1.82) is 0 Å². The van der Waals surface area contributed by atoms with Gasteiger partial charge in [-0.05, 0) is 78.8 Å². The van der Waals surface area contributed by atoms with Crippen LogP contribution in [-0.2, 0) is 0 Å². The summed E-state index contributed by atoms with van der Waals surface area (Å²) in [7, 11) is 0. The number of thiazole rings is 2. The lowest BCUT2D eigenvalue weighted by Gasteiger charge is -2.19. The SMILES string of the molecule is c1ccc2cc(-c3ccc4c(-c5cncc(-c6cncs6)c5)c5ccccc5c(-c5cncc(-c6cncs6)c5)c4c3)ccc2c1. The predicted molar refractivity (Wildman–Crippen MR) is 193 cm³/mol. The Labute approximate surface area is 273 Å². The normalized spacial score (nSPS) is 11.5. The van der Waals surface area contributed by atoms with Gasteiger partial charge in [-0.3, -0.25) is 19.9 Å². The van der Waals surface area contributed by atoms with Crippen LogP contribution >= 0.6 is 22.7 Å². The Kier molecular flexibility index (Phi) is 6.47. The lowest BCUT2D eigenvalue weighted by atomic mass is 9.85. The predicted octanol–water partition coefficient (Wildman–Crippen LogP) is 11.2. The van der Waals surface area contributed by atoms with Crippen molar-refractivity contribution in [3.63, 3.8) is 0 Å². The van der Waals surface area contributed by atoms with Crippen molar-refractivity contribution in [2.24, 2.45) is 0 Å². The monoisotopic (exact) mass is 624 g/mol. The first-order chi connectivity index (χ1) is 22.8. The van der Waals surface area contributed by atoms with E-state index in [-0.39, 0.29) is 0 Å². The van der Waals surface area contributed by atoms with Crippen molar-refractivity contribution in [3.8, 4) is 54.3 Å². The molecule has 0 aliphatic rings.